The summed E-state index contributed by atoms with van der Waals surface area (Å²) in [6, 6.07) is 0.424. The van der Waals surface area contributed by atoms with Gasteiger partial charge in [-0.25, -0.2) is 4.79 Å². The van der Waals surface area contributed by atoms with Gasteiger partial charge in [0.1, 0.15) is 0 Å². The number of carboxylic acids is 1. The van der Waals surface area contributed by atoms with E-state index in [1.54, 1.807) is 4.90 Å². The quantitative estimate of drug-likeness (QED) is 0.648. The Labute approximate surface area is 95.8 Å². The molecule has 2 amide bonds. The summed E-state index contributed by atoms with van der Waals surface area (Å²) in [5.74, 6) is -0.752. The van der Waals surface area contributed by atoms with Gasteiger partial charge in [0.25, 0.3) is 0 Å². The molecule has 2 N–H and O–H groups in total. The highest BCUT2D eigenvalue weighted by atomic mass is 16.4. The van der Waals surface area contributed by atoms with Crippen molar-refractivity contribution in [1.29, 1.82) is 0 Å². The summed E-state index contributed by atoms with van der Waals surface area (Å²) in [5, 5.41) is 11.3. The van der Waals surface area contributed by atoms with Crippen molar-refractivity contribution in [2.75, 3.05) is 13.6 Å². The molecule has 5 nitrogen and oxygen atoms in total. The number of hydrogen-bond acceptors (Lipinski definition) is 2. The second kappa shape index (κ2) is 6.35. The van der Waals surface area contributed by atoms with Crippen LogP contribution in [0.3, 0.4) is 0 Å². The highest BCUT2D eigenvalue weighted by Crippen LogP contribution is 2.25. The van der Waals surface area contributed by atoms with Crippen molar-refractivity contribution >= 4 is 12.0 Å². The van der Waals surface area contributed by atoms with Gasteiger partial charge >= 0.3 is 12.0 Å². The number of rotatable bonds is 7. The zero-order chi connectivity index (χ0) is 12.0. The van der Waals surface area contributed by atoms with Gasteiger partial charge in [0.2, 0.25) is 0 Å². The van der Waals surface area contributed by atoms with E-state index in [0.717, 1.165) is 25.7 Å². The molecule has 1 fully saturated rings. The Morgan fingerprint density at radius 1 is 1.31 bits per heavy atom. The zero-order valence-electron chi connectivity index (χ0n) is 9.74. The monoisotopic (exact) mass is 228 g/mol. The standard InChI is InChI=1S/C11H20N2O3/c1-13(9-6-7-9)11(16)12-8-4-2-3-5-10(14)15/h9H,2-8H2,1H3,(H,12,16)(H,14,15). The Balaban J connectivity index is 1.93. The van der Waals surface area contributed by atoms with Crippen molar-refractivity contribution in [2.24, 2.45) is 0 Å². The average Bonchev–Trinajstić information content (AvgIpc) is 3.05. The van der Waals surface area contributed by atoms with Crippen molar-refractivity contribution in [2.45, 2.75) is 44.6 Å². The Morgan fingerprint density at radius 3 is 2.56 bits per heavy atom. The predicted molar refractivity (Wildman–Crippen MR) is 60.3 cm³/mol. The van der Waals surface area contributed by atoms with Crippen molar-refractivity contribution in [1.82, 2.24) is 10.2 Å². The van der Waals surface area contributed by atoms with Gasteiger partial charge in [-0.15, -0.1) is 0 Å². The highest BCUT2D eigenvalue weighted by Gasteiger charge is 2.29. The van der Waals surface area contributed by atoms with E-state index in [-0.39, 0.29) is 12.5 Å². The van der Waals surface area contributed by atoms with Gasteiger partial charge in [-0.05, 0) is 25.7 Å². The number of unbranched alkanes of at least 4 members (excludes halogenated alkanes) is 2. The Morgan fingerprint density at radius 2 is 2.00 bits per heavy atom. The maximum Gasteiger partial charge on any atom is 0.317 e. The third-order valence-electron chi connectivity index (χ3n) is 2.76. The molecule has 0 atom stereocenters. The van der Waals surface area contributed by atoms with E-state index in [2.05, 4.69) is 5.32 Å². The summed E-state index contributed by atoms with van der Waals surface area (Å²) >= 11 is 0. The topological polar surface area (TPSA) is 69.6 Å². The minimum Gasteiger partial charge on any atom is -0.481 e. The summed E-state index contributed by atoms with van der Waals surface area (Å²) in [4.78, 5) is 23.5. The first-order chi connectivity index (χ1) is 7.61. The van der Waals surface area contributed by atoms with Crippen molar-refractivity contribution in [3.63, 3.8) is 0 Å². The van der Waals surface area contributed by atoms with Crippen molar-refractivity contribution in [3.05, 3.63) is 0 Å². The van der Waals surface area contributed by atoms with Crippen LogP contribution in [0.4, 0.5) is 4.79 Å². The maximum atomic E-state index is 11.5. The van der Waals surface area contributed by atoms with Crippen LogP contribution in [0.15, 0.2) is 0 Å². The molecule has 1 aliphatic rings. The molecule has 5 heteroatoms. The highest BCUT2D eigenvalue weighted by molar-refractivity contribution is 5.74. The first-order valence-corrected chi connectivity index (χ1v) is 5.83. The summed E-state index contributed by atoms with van der Waals surface area (Å²) in [6.45, 7) is 0.634. The summed E-state index contributed by atoms with van der Waals surface area (Å²) in [6.07, 6.45) is 4.82. The van der Waals surface area contributed by atoms with E-state index in [1.165, 1.54) is 0 Å². The summed E-state index contributed by atoms with van der Waals surface area (Å²) in [7, 11) is 1.82. The molecule has 0 aliphatic heterocycles. The first kappa shape index (κ1) is 12.8. The van der Waals surface area contributed by atoms with Crippen LogP contribution in [0.25, 0.3) is 0 Å². The van der Waals surface area contributed by atoms with Gasteiger partial charge in [-0.2, -0.15) is 0 Å². The van der Waals surface area contributed by atoms with Gasteiger partial charge < -0.3 is 15.3 Å². The van der Waals surface area contributed by atoms with Crippen LogP contribution in [0.2, 0.25) is 0 Å². The number of carbonyl (C=O) groups is 2. The zero-order valence-corrected chi connectivity index (χ0v) is 9.74. The molecular formula is C11H20N2O3. The van der Waals surface area contributed by atoms with Crippen LogP contribution in [0.5, 0.6) is 0 Å². The smallest absolute Gasteiger partial charge is 0.317 e. The van der Waals surface area contributed by atoms with E-state index in [0.29, 0.717) is 19.0 Å². The van der Waals surface area contributed by atoms with Gasteiger partial charge in [0.05, 0.1) is 0 Å². The van der Waals surface area contributed by atoms with Crippen molar-refractivity contribution in [3.8, 4) is 0 Å². The molecule has 0 saturated heterocycles. The molecule has 0 spiro atoms. The molecule has 0 aromatic carbocycles. The number of carboxylic acid groups (broad SMARTS) is 1. The lowest BCUT2D eigenvalue weighted by atomic mass is 10.2. The number of urea groups is 1. The molecule has 0 radical (unpaired) electrons. The first-order valence-electron chi connectivity index (χ1n) is 5.83. The van der Waals surface area contributed by atoms with E-state index in [4.69, 9.17) is 5.11 Å². The number of nitrogens with one attached hydrogen (secondary N) is 1. The second-order valence-corrected chi connectivity index (χ2v) is 4.28. The Kier molecular flexibility index (Phi) is 5.08. The minimum absolute atomic E-state index is 0.0132. The number of hydrogen-bond donors (Lipinski definition) is 2. The number of amides is 2. The summed E-state index contributed by atoms with van der Waals surface area (Å²) < 4.78 is 0. The van der Waals surface area contributed by atoms with Gasteiger partial charge in [-0.1, -0.05) is 6.42 Å². The summed E-state index contributed by atoms with van der Waals surface area (Å²) in [5.41, 5.74) is 0. The average molecular weight is 228 g/mol. The molecule has 1 saturated carbocycles. The molecule has 16 heavy (non-hydrogen) atoms. The lowest BCUT2D eigenvalue weighted by molar-refractivity contribution is -0.137. The Bertz CT molecular complexity index is 252. The second-order valence-electron chi connectivity index (χ2n) is 4.28. The molecule has 1 aliphatic carbocycles. The number of nitrogens with zero attached hydrogens (tertiary/aromatic N) is 1. The van der Waals surface area contributed by atoms with Crippen LogP contribution < -0.4 is 5.32 Å². The fraction of sp³-hybridized carbons (Fsp3) is 0.818. The minimum atomic E-state index is -0.752. The van der Waals surface area contributed by atoms with Crippen LogP contribution in [0.1, 0.15) is 38.5 Å². The normalized spacial score (nSPS) is 14.6. The SMILES string of the molecule is CN(C(=O)NCCCCCC(=O)O)C1CC1. The van der Waals surface area contributed by atoms with Gasteiger partial charge in [-0.3, -0.25) is 4.79 Å². The van der Waals surface area contributed by atoms with Gasteiger partial charge in [0, 0.05) is 26.1 Å². The molecule has 0 unspecified atom stereocenters. The number of carbonyl (C=O) groups excluding carboxylic acids is 1. The van der Waals surface area contributed by atoms with E-state index in [1.807, 2.05) is 7.05 Å². The third-order valence-corrected chi connectivity index (χ3v) is 2.76. The largest absolute Gasteiger partial charge is 0.481 e. The van der Waals surface area contributed by atoms with Gasteiger partial charge in [0.15, 0.2) is 0 Å². The van der Waals surface area contributed by atoms with E-state index in [9.17, 15) is 9.59 Å². The molecule has 92 valence electrons. The van der Waals surface area contributed by atoms with Crippen LogP contribution in [-0.4, -0.2) is 41.6 Å². The fourth-order valence-corrected chi connectivity index (χ4v) is 1.53. The molecule has 0 aromatic heterocycles. The van der Waals surface area contributed by atoms with Crippen LogP contribution >= 0.6 is 0 Å². The number of aliphatic carboxylic acids is 1. The van der Waals surface area contributed by atoms with Crippen LogP contribution in [0, 0.1) is 0 Å². The molecule has 1 rings (SSSR count). The lowest BCUT2D eigenvalue weighted by Crippen LogP contribution is -2.38. The van der Waals surface area contributed by atoms with Crippen molar-refractivity contribution < 1.29 is 14.7 Å². The van der Waals surface area contributed by atoms with E-state index < -0.39 is 5.97 Å². The molecule has 0 aromatic rings. The molecular weight excluding hydrogens is 208 g/mol. The maximum absolute atomic E-state index is 11.5. The van der Waals surface area contributed by atoms with Crippen LogP contribution in [-0.2, 0) is 4.79 Å². The molecule has 0 bridgehead atoms. The van der Waals surface area contributed by atoms with E-state index >= 15 is 0 Å². The Hall–Kier alpha value is -1.26. The molecule has 0 heterocycles. The third kappa shape index (κ3) is 5.00. The predicted octanol–water partition coefficient (Wildman–Crippen LogP) is 1.44. The fourth-order valence-electron chi connectivity index (χ4n) is 1.53. The lowest BCUT2D eigenvalue weighted by Gasteiger charge is -2.16.